The van der Waals surface area contributed by atoms with Gasteiger partial charge >= 0.3 is 5.97 Å². The van der Waals surface area contributed by atoms with Gasteiger partial charge in [-0.25, -0.2) is 0 Å². The minimum Gasteiger partial charge on any atom is -0.481 e. The fraction of sp³-hybridized carbons (Fsp3) is 0.889. The van der Waals surface area contributed by atoms with Crippen molar-refractivity contribution in [3.63, 3.8) is 0 Å². The zero-order chi connectivity index (χ0) is 9.68. The number of unbranched alkanes of at least 4 members (excludes halogenated alkanes) is 1. The highest BCUT2D eigenvalue weighted by Crippen LogP contribution is 2.15. The first kappa shape index (κ1) is 10.5. The van der Waals surface area contributed by atoms with E-state index in [2.05, 4.69) is 4.90 Å². The average Bonchev–Trinajstić information content (AvgIpc) is 2.00. The molecule has 1 heterocycles. The Morgan fingerprint density at radius 1 is 1.54 bits per heavy atom. The summed E-state index contributed by atoms with van der Waals surface area (Å²) in [6, 6.07) is 0. The highest BCUT2D eigenvalue weighted by atomic mass is 16.5. The van der Waals surface area contributed by atoms with Gasteiger partial charge in [-0.1, -0.05) is 0 Å². The Balaban J connectivity index is 1.93. The summed E-state index contributed by atoms with van der Waals surface area (Å²) in [5.41, 5.74) is 0. The van der Waals surface area contributed by atoms with Gasteiger partial charge in [0, 0.05) is 26.8 Å². The molecule has 1 rings (SSSR count). The van der Waals surface area contributed by atoms with E-state index in [1.54, 1.807) is 7.11 Å². The van der Waals surface area contributed by atoms with Crippen LogP contribution in [-0.2, 0) is 9.53 Å². The molecule has 1 fully saturated rings. The Bertz CT molecular complexity index is 166. The molecule has 4 heteroatoms. The number of methoxy groups -OCH3 is 1. The van der Waals surface area contributed by atoms with Gasteiger partial charge in [-0.2, -0.15) is 0 Å². The lowest BCUT2D eigenvalue weighted by Gasteiger charge is -2.36. The second kappa shape index (κ2) is 5.19. The first-order valence-electron chi connectivity index (χ1n) is 4.68. The molecule has 0 unspecified atom stereocenters. The fourth-order valence-corrected chi connectivity index (χ4v) is 1.49. The van der Waals surface area contributed by atoms with Crippen molar-refractivity contribution in [2.75, 3.05) is 33.4 Å². The number of hydrogen-bond donors (Lipinski definition) is 1. The lowest BCUT2D eigenvalue weighted by molar-refractivity contribution is -0.147. The second-order valence-electron chi connectivity index (χ2n) is 3.49. The van der Waals surface area contributed by atoms with Crippen molar-refractivity contribution in [3.05, 3.63) is 0 Å². The van der Waals surface area contributed by atoms with Crippen molar-refractivity contribution in [2.45, 2.75) is 12.8 Å². The minimum atomic E-state index is -0.659. The van der Waals surface area contributed by atoms with Crippen LogP contribution in [0.4, 0.5) is 0 Å². The highest BCUT2D eigenvalue weighted by Gasteiger charge is 2.31. The molecule has 0 atom stereocenters. The van der Waals surface area contributed by atoms with Crippen molar-refractivity contribution in [1.29, 1.82) is 0 Å². The van der Waals surface area contributed by atoms with Gasteiger partial charge in [0.1, 0.15) is 0 Å². The van der Waals surface area contributed by atoms with E-state index in [-0.39, 0.29) is 5.92 Å². The van der Waals surface area contributed by atoms with Crippen molar-refractivity contribution in [2.24, 2.45) is 5.92 Å². The summed E-state index contributed by atoms with van der Waals surface area (Å²) in [5.74, 6) is -0.782. The van der Waals surface area contributed by atoms with E-state index in [1.807, 2.05) is 0 Å². The standard InChI is InChI=1S/C9H17NO3/c1-13-5-3-2-4-10-6-8(7-10)9(11)12/h8H,2-7H2,1H3,(H,11,12). The largest absolute Gasteiger partial charge is 0.481 e. The summed E-state index contributed by atoms with van der Waals surface area (Å²) in [7, 11) is 1.70. The third kappa shape index (κ3) is 3.32. The Kier molecular flexibility index (Phi) is 4.18. The average molecular weight is 187 g/mol. The SMILES string of the molecule is COCCCCN1CC(C(=O)O)C1. The number of carbonyl (C=O) groups is 1. The number of likely N-dealkylation sites (tertiary alicyclic amines) is 1. The fourth-order valence-electron chi connectivity index (χ4n) is 1.49. The van der Waals surface area contributed by atoms with E-state index < -0.39 is 5.97 Å². The molecule has 76 valence electrons. The number of rotatable bonds is 6. The van der Waals surface area contributed by atoms with Crippen molar-refractivity contribution < 1.29 is 14.6 Å². The number of hydrogen-bond acceptors (Lipinski definition) is 3. The third-order valence-corrected chi connectivity index (χ3v) is 2.38. The first-order valence-corrected chi connectivity index (χ1v) is 4.68. The second-order valence-corrected chi connectivity index (χ2v) is 3.49. The van der Waals surface area contributed by atoms with Gasteiger partial charge in [0.2, 0.25) is 0 Å². The summed E-state index contributed by atoms with van der Waals surface area (Å²) in [5, 5.41) is 8.61. The minimum absolute atomic E-state index is 0.123. The van der Waals surface area contributed by atoms with Crippen LogP contribution in [0.5, 0.6) is 0 Å². The van der Waals surface area contributed by atoms with E-state index in [0.717, 1.165) is 39.1 Å². The van der Waals surface area contributed by atoms with Gasteiger partial charge in [-0.05, 0) is 19.4 Å². The van der Waals surface area contributed by atoms with Crippen LogP contribution in [0.15, 0.2) is 0 Å². The van der Waals surface area contributed by atoms with Crippen LogP contribution in [-0.4, -0.2) is 49.3 Å². The molecular weight excluding hydrogens is 170 g/mol. The van der Waals surface area contributed by atoms with Gasteiger partial charge in [-0.15, -0.1) is 0 Å². The zero-order valence-corrected chi connectivity index (χ0v) is 8.03. The zero-order valence-electron chi connectivity index (χ0n) is 8.03. The van der Waals surface area contributed by atoms with Gasteiger partial charge in [0.05, 0.1) is 5.92 Å². The van der Waals surface area contributed by atoms with Gasteiger partial charge < -0.3 is 14.7 Å². The molecule has 0 amide bonds. The van der Waals surface area contributed by atoms with Crippen LogP contribution in [0.2, 0.25) is 0 Å². The molecule has 4 nitrogen and oxygen atoms in total. The van der Waals surface area contributed by atoms with E-state index in [1.165, 1.54) is 0 Å². The Hall–Kier alpha value is -0.610. The maximum Gasteiger partial charge on any atom is 0.309 e. The molecular formula is C9H17NO3. The molecule has 0 spiro atoms. The summed E-state index contributed by atoms with van der Waals surface area (Å²) in [6.45, 7) is 3.26. The first-order chi connectivity index (χ1) is 6.24. The van der Waals surface area contributed by atoms with Crippen LogP contribution >= 0.6 is 0 Å². The molecule has 0 aromatic carbocycles. The van der Waals surface area contributed by atoms with Gasteiger partial charge in [-0.3, -0.25) is 4.79 Å². The molecule has 0 aromatic rings. The molecule has 0 aromatic heterocycles. The summed E-state index contributed by atoms with van der Waals surface area (Å²) >= 11 is 0. The van der Waals surface area contributed by atoms with Gasteiger partial charge in [0.25, 0.3) is 0 Å². The van der Waals surface area contributed by atoms with Crippen molar-refractivity contribution in [1.82, 2.24) is 4.90 Å². The lowest BCUT2D eigenvalue weighted by atomic mass is 10.0. The number of nitrogens with zero attached hydrogens (tertiary/aromatic N) is 1. The van der Waals surface area contributed by atoms with Crippen LogP contribution in [0.3, 0.4) is 0 Å². The quantitative estimate of drug-likeness (QED) is 0.613. The third-order valence-electron chi connectivity index (χ3n) is 2.38. The molecule has 1 saturated heterocycles. The number of ether oxygens (including phenoxy) is 1. The van der Waals surface area contributed by atoms with E-state index in [0.29, 0.717) is 0 Å². The van der Waals surface area contributed by atoms with Crippen LogP contribution in [0.1, 0.15) is 12.8 Å². The molecule has 1 N–H and O–H groups in total. The van der Waals surface area contributed by atoms with Crippen molar-refractivity contribution >= 4 is 5.97 Å². The topological polar surface area (TPSA) is 49.8 Å². The smallest absolute Gasteiger partial charge is 0.309 e. The monoisotopic (exact) mass is 187 g/mol. The molecule has 1 aliphatic rings. The lowest BCUT2D eigenvalue weighted by Crippen LogP contribution is -2.50. The number of carboxylic acids is 1. The predicted octanol–water partition coefficient (Wildman–Crippen LogP) is 0.429. The predicted molar refractivity (Wildman–Crippen MR) is 48.7 cm³/mol. The Morgan fingerprint density at radius 3 is 2.77 bits per heavy atom. The molecule has 1 aliphatic heterocycles. The maximum absolute atomic E-state index is 10.5. The highest BCUT2D eigenvalue weighted by molar-refractivity contribution is 5.71. The van der Waals surface area contributed by atoms with Crippen LogP contribution in [0.25, 0.3) is 0 Å². The van der Waals surface area contributed by atoms with Crippen LogP contribution < -0.4 is 0 Å². The summed E-state index contributed by atoms with van der Waals surface area (Å²) < 4.78 is 4.92. The molecule has 0 radical (unpaired) electrons. The molecule has 0 aliphatic carbocycles. The normalized spacial score (nSPS) is 18.5. The summed E-state index contributed by atoms with van der Waals surface area (Å²) in [6.07, 6.45) is 2.16. The Labute approximate surface area is 78.5 Å². The Morgan fingerprint density at radius 2 is 2.23 bits per heavy atom. The van der Waals surface area contributed by atoms with Crippen LogP contribution in [0, 0.1) is 5.92 Å². The molecule has 13 heavy (non-hydrogen) atoms. The number of aliphatic carboxylic acids is 1. The summed E-state index contributed by atoms with van der Waals surface area (Å²) in [4.78, 5) is 12.6. The van der Waals surface area contributed by atoms with Crippen molar-refractivity contribution in [3.8, 4) is 0 Å². The number of carboxylic acid groups (broad SMARTS) is 1. The van der Waals surface area contributed by atoms with Gasteiger partial charge in [0.15, 0.2) is 0 Å². The van der Waals surface area contributed by atoms with E-state index in [9.17, 15) is 4.79 Å². The van der Waals surface area contributed by atoms with E-state index in [4.69, 9.17) is 9.84 Å². The molecule has 0 saturated carbocycles. The van der Waals surface area contributed by atoms with E-state index >= 15 is 0 Å². The maximum atomic E-state index is 10.5. The molecule has 0 bridgehead atoms.